The summed E-state index contributed by atoms with van der Waals surface area (Å²) in [5.74, 6) is -2.32. The Morgan fingerprint density at radius 1 is 1.00 bits per heavy atom. The number of hydrogen-bond acceptors (Lipinski definition) is 4. The van der Waals surface area contributed by atoms with Crippen molar-refractivity contribution >= 4 is 17.6 Å². The van der Waals surface area contributed by atoms with E-state index in [1.165, 1.54) is 0 Å². The van der Waals surface area contributed by atoms with Gasteiger partial charge >= 0.3 is 12.1 Å². The van der Waals surface area contributed by atoms with E-state index in [0.717, 1.165) is 36.7 Å². The Kier molecular flexibility index (Phi) is 4.06. The fourth-order valence-electron chi connectivity index (χ4n) is 1.59. The monoisotopic (exact) mass is 311 g/mol. The number of anilines is 1. The maximum absolute atomic E-state index is 12.4. The maximum atomic E-state index is 12.4. The smallest absolute Gasteiger partial charge is 0.416 e. The number of nitrogens with zero attached hydrogens (tertiary/aromatic N) is 2. The molecule has 1 aromatic heterocycles. The van der Waals surface area contributed by atoms with E-state index < -0.39 is 35.0 Å². The number of nitrogens with one attached hydrogen (secondary N) is 1. The fourth-order valence-corrected chi connectivity index (χ4v) is 1.59. The third kappa shape index (κ3) is 3.37. The number of carbonyl (C=O) groups excluding carboxylic acids is 1. The van der Waals surface area contributed by atoms with Gasteiger partial charge < -0.3 is 10.4 Å². The van der Waals surface area contributed by atoms with Gasteiger partial charge in [-0.15, -0.1) is 0 Å². The largest absolute Gasteiger partial charge is 0.476 e. The molecule has 0 aliphatic heterocycles. The standard InChI is InChI=1S/C13H8F3N3O3/c14-13(15,16)7-1-3-8(4-2-7)19-11(20)9-10(12(21)22)18-6-5-17-9/h1-6H,(H,19,20)(H,21,22). The van der Waals surface area contributed by atoms with E-state index in [1.807, 2.05) is 0 Å². The average Bonchev–Trinajstić information content (AvgIpc) is 2.46. The van der Waals surface area contributed by atoms with Crippen molar-refractivity contribution < 1.29 is 27.9 Å². The van der Waals surface area contributed by atoms with E-state index in [-0.39, 0.29) is 5.69 Å². The molecule has 2 aromatic rings. The van der Waals surface area contributed by atoms with Crippen LogP contribution >= 0.6 is 0 Å². The number of aromatic carboxylic acids is 1. The van der Waals surface area contributed by atoms with Crippen molar-refractivity contribution in [2.75, 3.05) is 5.32 Å². The molecule has 22 heavy (non-hydrogen) atoms. The second-order valence-electron chi connectivity index (χ2n) is 4.09. The lowest BCUT2D eigenvalue weighted by Crippen LogP contribution is -2.19. The van der Waals surface area contributed by atoms with Gasteiger partial charge in [0.05, 0.1) is 5.56 Å². The first-order valence-corrected chi connectivity index (χ1v) is 5.82. The first kappa shape index (κ1) is 15.4. The lowest BCUT2D eigenvalue weighted by atomic mass is 10.2. The predicted molar refractivity (Wildman–Crippen MR) is 68.4 cm³/mol. The highest BCUT2D eigenvalue weighted by molar-refractivity contribution is 6.08. The summed E-state index contributed by atoms with van der Waals surface area (Å²) in [7, 11) is 0. The predicted octanol–water partition coefficient (Wildman–Crippen LogP) is 2.45. The normalized spacial score (nSPS) is 11.0. The average molecular weight is 311 g/mol. The number of hydrogen-bond donors (Lipinski definition) is 2. The number of amides is 1. The van der Waals surface area contributed by atoms with Crippen LogP contribution in [0.25, 0.3) is 0 Å². The third-order valence-electron chi connectivity index (χ3n) is 2.59. The van der Waals surface area contributed by atoms with Gasteiger partial charge in [-0.1, -0.05) is 0 Å². The Morgan fingerprint density at radius 2 is 1.55 bits per heavy atom. The van der Waals surface area contributed by atoms with Gasteiger partial charge in [0.15, 0.2) is 11.4 Å². The number of benzene rings is 1. The Bertz CT molecular complexity index is 714. The molecule has 114 valence electrons. The highest BCUT2D eigenvalue weighted by atomic mass is 19.4. The fraction of sp³-hybridized carbons (Fsp3) is 0.0769. The van der Waals surface area contributed by atoms with Crippen LogP contribution in [-0.2, 0) is 6.18 Å². The molecule has 0 atom stereocenters. The van der Waals surface area contributed by atoms with Gasteiger partial charge in [0.25, 0.3) is 5.91 Å². The Labute approximate surface area is 121 Å². The van der Waals surface area contributed by atoms with Gasteiger partial charge in [-0.3, -0.25) is 4.79 Å². The maximum Gasteiger partial charge on any atom is 0.416 e. The summed E-state index contributed by atoms with van der Waals surface area (Å²) in [6.45, 7) is 0. The number of halogens is 3. The Morgan fingerprint density at radius 3 is 2.05 bits per heavy atom. The molecule has 0 spiro atoms. The lowest BCUT2D eigenvalue weighted by molar-refractivity contribution is -0.137. The van der Waals surface area contributed by atoms with Crippen molar-refractivity contribution in [3.63, 3.8) is 0 Å². The minimum absolute atomic E-state index is 0.0694. The Hall–Kier alpha value is -2.97. The lowest BCUT2D eigenvalue weighted by Gasteiger charge is -2.09. The number of carboxylic acids is 1. The van der Waals surface area contributed by atoms with Gasteiger partial charge in [-0.25, -0.2) is 14.8 Å². The van der Waals surface area contributed by atoms with E-state index >= 15 is 0 Å². The minimum atomic E-state index is -4.48. The molecule has 6 nitrogen and oxygen atoms in total. The molecular formula is C13H8F3N3O3. The summed E-state index contributed by atoms with van der Waals surface area (Å²) >= 11 is 0. The van der Waals surface area contributed by atoms with Crippen LogP contribution in [0.2, 0.25) is 0 Å². The molecule has 2 rings (SSSR count). The van der Waals surface area contributed by atoms with Gasteiger partial charge in [-0.2, -0.15) is 13.2 Å². The van der Waals surface area contributed by atoms with Crippen LogP contribution in [0.4, 0.5) is 18.9 Å². The molecule has 2 N–H and O–H groups in total. The van der Waals surface area contributed by atoms with Crippen LogP contribution in [-0.4, -0.2) is 27.0 Å². The van der Waals surface area contributed by atoms with E-state index in [2.05, 4.69) is 15.3 Å². The zero-order valence-electron chi connectivity index (χ0n) is 10.8. The second-order valence-corrected chi connectivity index (χ2v) is 4.09. The number of aromatic nitrogens is 2. The molecule has 0 unspecified atom stereocenters. The molecule has 0 aliphatic carbocycles. The highest BCUT2D eigenvalue weighted by Gasteiger charge is 2.30. The summed E-state index contributed by atoms with van der Waals surface area (Å²) in [5, 5.41) is 11.2. The summed E-state index contributed by atoms with van der Waals surface area (Å²) in [6, 6.07) is 3.70. The van der Waals surface area contributed by atoms with E-state index in [0.29, 0.717) is 0 Å². The SMILES string of the molecule is O=C(O)c1nccnc1C(=O)Nc1ccc(C(F)(F)F)cc1. The summed E-state index contributed by atoms with van der Waals surface area (Å²) in [6.07, 6.45) is -2.24. The minimum Gasteiger partial charge on any atom is -0.476 e. The third-order valence-corrected chi connectivity index (χ3v) is 2.59. The quantitative estimate of drug-likeness (QED) is 0.908. The number of carbonyl (C=O) groups is 2. The second kappa shape index (κ2) is 5.80. The van der Waals surface area contributed by atoms with Crippen molar-refractivity contribution in [3.05, 3.63) is 53.6 Å². The molecule has 0 saturated carbocycles. The molecule has 0 radical (unpaired) electrons. The van der Waals surface area contributed by atoms with E-state index in [1.54, 1.807) is 0 Å². The van der Waals surface area contributed by atoms with E-state index in [4.69, 9.17) is 5.11 Å². The molecule has 9 heteroatoms. The van der Waals surface area contributed by atoms with Gasteiger partial charge in [-0.05, 0) is 24.3 Å². The first-order valence-electron chi connectivity index (χ1n) is 5.82. The van der Waals surface area contributed by atoms with Crippen LogP contribution in [0.15, 0.2) is 36.7 Å². The van der Waals surface area contributed by atoms with Crippen LogP contribution < -0.4 is 5.32 Å². The number of alkyl halides is 3. The molecule has 0 saturated heterocycles. The van der Waals surface area contributed by atoms with Gasteiger partial charge in [0.1, 0.15) is 0 Å². The van der Waals surface area contributed by atoms with Crippen molar-refractivity contribution in [3.8, 4) is 0 Å². The summed E-state index contributed by atoms with van der Waals surface area (Å²) in [4.78, 5) is 30.0. The zero-order chi connectivity index (χ0) is 16.3. The number of rotatable bonds is 3. The van der Waals surface area contributed by atoms with Gasteiger partial charge in [0, 0.05) is 18.1 Å². The van der Waals surface area contributed by atoms with Crippen LogP contribution in [0.3, 0.4) is 0 Å². The van der Waals surface area contributed by atoms with Crippen molar-refractivity contribution in [2.45, 2.75) is 6.18 Å². The first-order chi connectivity index (χ1) is 10.3. The summed E-state index contributed by atoms with van der Waals surface area (Å²) in [5.41, 5.74) is -1.78. The van der Waals surface area contributed by atoms with Crippen LogP contribution in [0.5, 0.6) is 0 Å². The topological polar surface area (TPSA) is 92.2 Å². The van der Waals surface area contributed by atoms with Crippen molar-refractivity contribution in [1.29, 1.82) is 0 Å². The molecule has 1 aromatic carbocycles. The van der Waals surface area contributed by atoms with Crippen LogP contribution in [0, 0.1) is 0 Å². The molecule has 1 amide bonds. The van der Waals surface area contributed by atoms with Crippen molar-refractivity contribution in [1.82, 2.24) is 9.97 Å². The Balaban J connectivity index is 2.21. The highest BCUT2D eigenvalue weighted by Crippen LogP contribution is 2.29. The number of carboxylic acid groups (broad SMARTS) is 1. The van der Waals surface area contributed by atoms with E-state index in [9.17, 15) is 22.8 Å². The van der Waals surface area contributed by atoms with Gasteiger partial charge in [0.2, 0.25) is 0 Å². The van der Waals surface area contributed by atoms with Crippen LogP contribution in [0.1, 0.15) is 26.5 Å². The molecule has 0 fully saturated rings. The molecule has 0 bridgehead atoms. The van der Waals surface area contributed by atoms with Crippen molar-refractivity contribution in [2.24, 2.45) is 0 Å². The zero-order valence-corrected chi connectivity index (χ0v) is 10.8. The molecular weight excluding hydrogens is 303 g/mol. The summed E-state index contributed by atoms with van der Waals surface area (Å²) < 4.78 is 37.3. The molecule has 0 aliphatic rings. The molecule has 1 heterocycles.